The highest BCUT2D eigenvalue weighted by atomic mass is 127. The van der Waals surface area contributed by atoms with Crippen LogP contribution in [0.3, 0.4) is 0 Å². The van der Waals surface area contributed by atoms with Gasteiger partial charge in [-0.05, 0) is 59.4 Å². The van der Waals surface area contributed by atoms with Gasteiger partial charge in [-0.15, -0.1) is 0 Å². The van der Waals surface area contributed by atoms with Crippen molar-refractivity contribution in [2.24, 2.45) is 4.99 Å². The van der Waals surface area contributed by atoms with E-state index in [1.54, 1.807) is 19.1 Å². The van der Waals surface area contributed by atoms with E-state index in [9.17, 15) is 19.7 Å². The number of methoxy groups -OCH3 is 1. The number of cyclic esters (lactones) is 1. The zero-order valence-corrected chi connectivity index (χ0v) is 20.2. The van der Waals surface area contributed by atoms with Gasteiger partial charge in [-0.25, -0.2) is 14.6 Å². The minimum Gasteiger partial charge on any atom is -0.493 e. The predicted octanol–water partition coefficient (Wildman–Crippen LogP) is 4.15. The van der Waals surface area contributed by atoms with Crippen molar-refractivity contribution >= 4 is 63.8 Å². The fraction of sp³-hybridized carbons (Fsp3) is 0.190. The zero-order valence-electron chi connectivity index (χ0n) is 17.3. The van der Waals surface area contributed by atoms with Crippen molar-refractivity contribution in [3.8, 4) is 11.5 Å². The quantitative estimate of drug-likeness (QED) is 0.148. The second-order valence-electron chi connectivity index (χ2n) is 6.39. The molecule has 0 radical (unpaired) electrons. The molecule has 0 unspecified atom stereocenters. The second kappa shape index (κ2) is 10.6. The van der Waals surface area contributed by atoms with Gasteiger partial charge in [0.25, 0.3) is 5.69 Å². The van der Waals surface area contributed by atoms with E-state index in [0.717, 1.165) is 6.07 Å². The number of aliphatic imine (C=N–C) groups is 1. The molecule has 0 saturated carbocycles. The lowest BCUT2D eigenvalue weighted by Crippen LogP contribution is -2.15. The summed E-state index contributed by atoms with van der Waals surface area (Å²) in [4.78, 5) is 38.4. The summed E-state index contributed by atoms with van der Waals surface area (Å²) in [5.74, 6) is -0.601. The molecule has 0 aromatic heterocycles. The van der Waals surface area contributed by atoms with Crippen molar-refractivity contribution in [2.45, 2.75) is 6.92 Å². The molecule has 10 nitrogen and oxygen atoms in total. The summed E-state index contributed by atoms with van der Waals surface area (Å²) in [6, 6.07) is 7.06. The average Bonchev–Trinajstić information content (AvgIpc) is 3.12. The lowest BCUT2D eigenvalue weighted by atomic mass is 10.1. The first-order valence-electron chi connectivity index (χ1n) is 9.36. The minimum absolute atomic E-state index is 0.00235. The Bertz CT molecular complexity index is 1200. The lowest BCUT2D eigenvalue weighted by molar-refractivity contribution is -0.384. The molecule has 0 N–H and O–H groups in total. The van der Waals surface area contributed by atoms with Crippen LogP contribution in [-0.2, 0) is 19.1 Å². The number of hydrogen-bond donors (Lipinski definition) is 0. The number of carbonyl (C=O) groups is 2. The largest absolute Gasteiger partial charge is 0.493 e. The molecule has 172 valence electrons. The smallest absolute Gasteiger partial charge is 0.363 e. The van der Waals surface area contributed by atoms with E-state index in [0.29, 0.717) is 20.6 Å². The molecule has 1 aliphatic rings. The normalized spacial score (nSPS) is 14.0. The number of benzene rings is 2. The van der Waals surface area contributed by atoms with Gasteiger partial charge in [0.2, 0.25) is 5.90 Å². The fourth-order valence-corrected chi connectivity index (χ4v) is 3.81. The van der Waals surface area contributed by atoms with Gasteiger partial charge in [0.15, 0.2) is 23.8 Å². The number of carbonyl (C=O) groups excluding carboxylic acids is 2. The molecule has 0 fully saturated rings. The van der Waals surface area contributed by atoms with E-state index < -0.39 is 16.9 Å². The molecule has 0 spiro atoms. The third-order valence-corrected chi connectivity index (χ3v) is 5.32. The van der Waals surface area contributed by atoms with E-state index >= 15 is 0 Å². The van der Waals surface area contributed by atoms with Crippen LogP contribution < -0.4 is 9.47 Å². The Balaban J connectivity index is 1.89. The van der Waals surface area contributed by atoms with Crippen molar-refractivity contribution in [2.75, 3.05) is 20.3 Å². The number of hydrogen-bond acceptors (Lipinski definition) is 9. The number of rotatable bonds is 8. The fourth-order valence-electron chi connectivity index (χ4n) is 2.77. The highest BCUT2D eigenvalue weighted by Crippen LogP contribution is 2.35. The molecule has 0 atom stereocenters. The van der Waals surface area contributed by atoms with E-state index in [4.69, 9.17) is 30.5 Å². The maximum atomic E-state index is 12.3. The Morgan fingerprint density at radius 2 is 2.09 bits per heavy atom. The predicted molar refractivity (Wildman–Crippen MR) is 127 cm³/mol. The van der Waals surface area contributed by atoms with Crippen LogP contribution in [0.1, 0.15) is 18.1 Å². The summed E-state index contributed by atoms with van der Waals surface area (Å²) in [5, 5.41) is 10.9. The molecule has 1 aliphatic heterocycles. The molecule has 0 saturated heterocycles. The van der Waals surface area contributed by atoms with Crippen molar-refractivity contribution in [1.29, 1.82) is 0 Å². The van der Waals surface area contributed by atoms with Crippen molar-refractivity contribution in [3.05, 3.63) is 65.9 Å². The number of ether oxygens (including phenoxy) is 4. The van der Waals surface area contributed by atoms with Gasteiger partial charge in [0.05, 0.1) is 32.8 Å². The van der Waals surface area contributed by atoms with Crippen molar-refractivity contribution in [3.63, 3.8) is 0 Å². The number of nitro groups is 1. The molecule has 2 aromatic rings. The average molecular weight is 587 g/mol. The molecule has 33 heavy (non-hydrogen) atoms. The van der Waals surface area contributed by atoms with Crippen LogP contribution in [0.25, 0.3) is 6.08 Å². The first-order valence-corrected chi connectivity index (χ1v) is 10.8. The van der Waals surface area contributed by atoms with Crippen LogP contribution in [0.5, 0.6) is 11.5 Å². The summed E-state index contributed by atoms with van der Waals surface area (Å²) < 4.78 is 21.5. The summed E-state index contributed by atoms with van der Waals surface area (Å²) in [6.07, 6.45) is 1.48. The molecule has 1 heterocycles. The summed E-state index contributed by atoms with van der Waals surface area (Å²) in [5.41, 5.74) is 0.606. The lowest BCUT2D eigenvalue weighted by Gasteiger charge is -2.13. The third-order valence-electron chi connectivity index (χ3n) is 4.21. The molecular formula is C21H16ClIN2O8. The molecule has 3 rings (SSSR count). The van der Waals surface area contributed by atoms with Gasteiger partial charge in [0, 0.05) is 12.1 Å². The molecular weight excluding hydrogens is 571 g/mol. The van der Waals surface area contributed by atoms with E-state index in [2.05, 4.69) is 4.99 Å². The standard InChI is InChI=1S/C21H16ClIN2O8/c1-3-31-18(26)10-32-19-15(23)6-11(8-17(19)30-2)7-16-21(27)33-20(24-16)13-5-4-12(25(28)29)9-14(13)22/h4-9H,3,10H2,1-2H3/b16-7-. The SMILES string of the molecule is CCOC(=O)COc1c(I)cc(/C=C2\N=C(c3ccc([N+](=O)[O-])cc3Cl)OC2=O)cc1OC. The molecule has 0 amide bonds. The molecule has 0 aliphatic carbocycles. The van der Waals surface area contributed by atoms with Crippen LogP contribution in [0, 0.1) is 13.7 Å². The van der Waals surface area contributed by atoms with Crippen LogP contribution >= 0.6 is 34.2 Å². The number of non-ortho nitro benzene ring substituents is 1. The number of halogens is 2. The summed E-state index contributed by atoms with van der Waals surface area (Å²) >= 11 is 8.11. The molecule has 2 aromatic carbocycles. The Morgan fingerprint density at radius 1 is 1.33 bits per heavy atom. The van der Waals surface area contributed by atoms with Crippen LogP contribution in [0.15, 0.2) is 41.0 Å². The number of nitrogens with zero attached hydrogens (tertiary/aromatic N) is 2. The van der Waals surface area contributed by atoms with Gasteiger partial charge >= 0.3 is 11.9 Å². The first kappa shape index (κ1) is 24.5. The van der Waals surface area contributed by atoms with E-state index in [1.165, 1.54) is 25.3 Å². The maximum absolute atomic E-state index is 12.3. The van der Waals surface area contributed by atoms with Gasteiger partial charge < -0.3 is 18.9 Å². The summed E-state index contributed by atoms with van der Waals surface area (Å²) in [7, 11) is 1.44. The van der Waals surface area contributed by atoms with Crippen molar-refractivity contribution < 1.29 is 33.5 Å². The molecule has 12 heteroatoms. The first-order chi connectivity index (χ1) is 15.7. The number of esters is 2. The topological polar surface area (TPSA) is 127 Å². The Kier molecular flexibility index (Phi) is 7.87. The van der Waals surface area contributed by atoms with Gasteiger partial charge in [-0.2, -0.15) is 0 Å². The van der Waals surface area contributed by atoms with Gasteiger partial charge in [0.1, 0.15) is 0 Å². The van der Waals surface area contributed by atoms with Crippen LogP contribution in [-0.4, -0.2) is 43.1 Å². The Labute approximate surface area is 206 Å². The monoisotopic (exact) mass is 586 g/mol. The van der Waals surface area contributed by atoms with Crippen molar-refractivity contribution in [1.82, 2.24) is 0 Å². The Hall–Kier alpha value is -3.19. The molecule has 0 bridgehead atoms. The summed E-state index contributed by atoms with van der Waals surface area (Å²) in [6.45, 7) is 1.66. The highest BCUT2D eigenvalue weighted by Gasteiger charge is 2.27. The van der Waals surface area contributed by atoms with E-state index in [1.807, 2.05) is 22.6 Å². The Morgan fingerprint density at radius 3 is 2.73 bits per heavy atom. The number of nitro benzene ring substituents is 1. The van der Waals surface area contributed by atoms with E-state index in [-0.39, 0.29) is 41.1 Å². The third kappa shape index (κ3) is 5.79. The minimum atomic E-state index is -0.712. The van der Waals surface area contributed by atoms with Gasteiger partial charge in [-0.3, -0.25) is 10.1 Å². The van der Waals surface area contributed by atoms with Gasteiger partial charge in [-0.1, -0.05) is 11.6 Å². The highest BCUT2D eigenvalue weighted by molar-refractivity contribution is 14.1. The zero-order chi connectivity index (χ0) is 24.1. The van der Waals surface area contributed by atoms with Crippen LogP contribution in [0.4, 0.5) is 5.69 Å². The maximum Gasteiger partial charge on any atom is 0.363 e. The second-order valence-corrected chi connectivity index (χ2v) is 7.95. The van der Waals surface area contributed by atoms with Crippen LogP contribution in [0.2, 0.25) is 5.02 Å².